The SMILES string of the molecule is CCn1cc([C@@H](CC(=O)N2CCCC2)c2cccc(Cl)c2)c2ccccc21. The highest BCUT2D eigenvalue weighted by atomic mass is 35.5. The molecule has 1 amide bonds. The van der Waals surface area contributed by atoms with Gasteiger partial charge in [0.25, 0.3) is 0 Å². The van der Waals surface area contributed by atoms with E-state index >= 15 is 0 Å². The molecule has 0 unspecified atom stereocenters. The highest BCUT2D eigenvalue weighted by molar-refractivity contribution is 6.30. The number of halogens is 1. The molecule has 0 spiro atoms. The number of benzene rings is 2. The average Bonchev–Trinajstić information content (AvgIpc) is 3.34. The molecule has 2 heterocycles. The quantitative estimate of drug-likeness (QED) is 0.577. The maximum Gasteiger partial charge on any atom is 0.223 e. The van der Waals surface area contributed by atoms with E-state index in [-0.39, 0.29) is 11.8 Å². The lowest BCUT2D eigenvalue weighted by molar-refractivity contribution is -0.130. The number of fused-ring (bicyclic) bond motifs is 1. The van der Waals surface area contributed by atoms with Gasteiger partial charge < -0.3 is 9.47 Å². The maximum atomic E-state index is 13.0. The lowest BCUT2D eigenvalue weighted by Gasteiger charge is -2.21. The second kappa shape index (κ2) is 7.77. The Morgan fingerprint density at radius 2 is 1.89 bits per heavy atom. The van der Waals surface area contributed by atoms with E-state index in [4.69, 9.17) is 11.6 Å². The predicted octanol–water partition coefficient (Wildman–Crippen LogP) is 5.46. The summed E-state index contributed by atoms with van der Waals surface area (Å²) in [6.07, 6.45) is 4.93. The smallest absolute Gasteiger partial charge is 0.223 e. The molecule has 4 rings (SSSR count). The van der Waals surface area contributed by atoms with Crippen molar-refractivity contribution in [2.75, 3.05) is 13.1 Å². The average molecular weight is 381 g/mol. The van der Waals surface area contributed by atoms with Gasteiger partial charge in [0, 0.05) is 54.1 Å². The number of nitrogens with zero attached hydrogens (tertiary/aromatic N) is 2. The molecule has 1 aliphatic heterocycles. The van der Waals surface area contributed by atoms with Gasteiger partial charge in [-0.1, -0.05) is 41.9 Å². The largest absolute Gasteiger partial charge is 0.347 e. The van der Waals surface area contributed by atoms with Gasteiger partial charge >= 0.3 is 0 Å². The zero-order valence-corrected chi connectivity index (χ0v) is 16.5. The van der Waals surface area contributed by atoms with Gasteiger partial charge in [-0.15, -0.1) is 0 Å². The number of likely N-dealkylation sites (tertiary alicyclic amines) is 1. The van der Waals surface area contributed by atoms with Gasteiger partial charge in [0.15, 0.2) is 0 Å². The molecule has 4 heteroatoms. The molecule has 0 bridgehead atoms. The van der Waals surface area contributed by atoms with Crippen LogP contribution in [0.25, 0.3) is 10.9 Å². The fraction of sp³-hybridized carbons (Fsp3) is 0.348. The highest BCUT2D eigenvalue weighted by Gasteiger charge is 2.26. The summed E-state index contributed by atoms with van der Waals surface area (Å²) in [4.78, 5) is 15.0. The normalized spacial score (nSPS) is 15.4. The van der Waals surface area contributed by atoms with Crippen LogP contribution in [0.5, 0.6) is 0 Å². The van der Waals surface area contributed by atoms with E-state index in [1.54, 1.807) is 0 Å². The molecule has 1 fully saturated rings. The molecule has 1 atom stereocenters. The van der Waals surface area contributed by atoms with E-state index in [1.165, 1.54) is 16.5 Å². The van der Waals surface area contributed by atoms with E-state index in [1.807, 2.05) is 23.1 Å². The van der Waals surface area contributed by atoms with E-state index in [0.29, 0.717) is 11.4 Å². The fourth-order valence-electron chi connectivity index (χ4n) is 4.22. The van der Waals surface area contributed by atoms with Crippen LogP contribution in [0.2, 0.25) is 5.02 Å². The van der Waals surface area contributed by atoms with Gasteiger partial charge in [0.2, 0.25) is 5.91 Å². The van der Waals surface area contributed by atoms with Crippen LogP contribution in [0.1, 0.15) is 43.2 Å². The first kappa shape index (κ1) is 18.1. The lowest BCUT2D eigenvalue weighted by atomic mass is 9.88. The number of para-hydroxylation sites is 1. The first-order valence-electron chi connectivity index (χ1n) is 9.78. The van der Waals surface area contributed by atoms with E-state index in [0.717, 1.165) is 38.0 Å². The van der Waals surface area contributed by atoms with Crippen LogP contribution in [0.3, 0.4) is 0 Å². The van der Waals surface area contributed by atoms with Gasteiger partial charge in [-0.3, -0.25) is 4.79 Å². The Bertz CT molecular complexity index is 956. The zero-order valence-electron chi connectivity index (χ0n) is 15.7. The van der Waals surface area contributed by atoms with Crippen molar-refractivity contribution in [1.82, 2.24) is 9.47 Å². The van der Waals surface area contributed by atoms with Crippen molar-refractivity contribution in [3.05, 3.63) is 70.9 Å². The summed E-state index contributed by atoms with van der Waals surface area (Å²) in [5, 5.41) is 1.93. The van der Waals surface area contributed by atoms with Gasteiger partial charge in [-0.05, 0) is 49.1 Å². The first-order valence-corrected chi connectivity index (χ1v) is 10.2. The molecule has 0 N–H and O–H groups in total. The van der Waals surface area contributed by atoms with Crippen LogP contribution in [-0.4, -0.2) is 28.5 Å². The number of carbonyl (C=O) groups excluding carboxylic acids is 1. The monoisotopic (exact) mass is 380 g/mol. The number of carbonyl (C=O) groups is 1. The second-order valence-corrected chi connectivity index (χ2v) is 7.72. The second-order valence-electron chi connectivity index (χ2n) is 7.29. The zero-order chi connectivity index (χ0) is 18.8. The Labute approximate surface area is 165 Å². The van der Waals surface area contributed by atoms with Gasteiger partial charge in [0.1, 0.15) is 0 Å². The summed E-state index contributed by atoms with van der Waals surface area (Å²) >= 11 is 6.29. The van der Waals surface area contributed by atoms with E-state index < -0.39 is 0 Å². The molecule has 3 nitrogen and oxygen atoms in total. The minimum atomic E-state index is 0.00880. The summed E-state index contributed by atoms with van der Waals surface area (Å²) in [6.45, 7) is 4.83. The van der Waals surface area contributed by atoms with Crippen LogP contribution in [0.15, 0.2) is 54.7 Å². The highest BCUT2D eigenvalue weighted by Crippen LogP contribution is 2.36. The van der Waals surface area contributed by atoms with E-state index in [9.17, 15) is 4.79 Å². The van der Waals surface area contributed by atoms with Crippen LogP contribution in [0, 0.1) is 0 Å². The lowest BCUT2D eigenvalue weighted by Crippen LogP contribution is -2.29. The minimum Gasteiger partial charge on any atom is -0.347 e. The minimum absolute atomic E-state index is 0.00880. The first-order chi connectivity index (χ1) is 13.2. The molecule has 1 aliphatic rings. The molecule has 1 aromatic heterocycles. The summed E-state index contributed by atoms with van der Waals surface area (Å²) in [7, 11) is 0. The molecule has 3 aromatic rings. The van der Waals surface area contributed by atoms with Crippen molar-refractivity contribution in [2.45, 2.75) is 38.6 Å². The molecule has 2 aromatic carbocycles. The molecule has 140 valence electrons. The summed E-state index contributed by atoms with van der Waals surface area (Å²) in [5.41, 5.74) is 3.53. The molecular weight excluding hydrogens is 356 g/mol. The maximum absolute atomic E-state index is 13.0. The third-order valence-corrected chi connectivity index (χ3v) is 5.86. The summed E-state index contributed by atoms with van der Waals surface area (Å²) in [5.74, 6) is 0.250. The van der Waals surface area contributed by atoms with Crippen molar-refractivity contribution in [3.63, 3.8) is 0 Å². The molecule has 1 saturated heterocycles. The van der Waals surface area contributed by atoms with Crippen LogP contribution in [-0.2, 0) is 11.3 Å². The van der Waals surface area contributed by atoms with E-state index in [2.05, 4.69) is 48.0 Å². The van der Waals surface area contributed by atoms with Crippen LogP contribution < -0.4 is 0 Å². The standard InChI is InChI=1S/C23H25ClN2O/c1-2-25-16-21(19-10-3-4-11-22(19)25)20(17-8-7-9-18(24)14-17)15-23(27)26-12-5-6-13-26/h3-4,7-11,14,16,20H,2,5-6,12-13,15H2,1H3/t20-/m0/s1. The topological polar surface area (TPSA) is 25.2 Å². The number of rotatable bonds is 5. The summed E-state index contributed by atoms with van der Waals surface area (Å²) in [6, 6.07) is 16.4. The Morgan fingerprint density at radius 1 is 1.11 bits per heavy atom. The Balaban J connectivity index is 1.79. The van der Waals surface area contributed by atoms with Crippen molar-refractivity contribution in [2.24, 2.45) is 0 Å². The number of hydrogen-bond acceptors (Lipinski definition) is 1. The number of aryl methyl sites for hydroxylation is 1. The third-order valence-electron chi connectivity index (χ3n) is 5.62. The van der Waals surface area contributed by atoms with Crippen molar-refractivity contribution in [3.8, 4) is 0 Å². The number of amides is 1. The van der Waals surface area contributed by atoms with Crippen LogP contribution >= 0.6 is 11.6 Å². The van der Waals surface area contributed by atoms with Gasteiger partial charge in [-0.25, -0.2) is 0 Å². The Morgan fingerprint density at radius 3 is 2.63 bits per heavy atom. The van der Waals surface area contributed by atoms with Crippen molar-refractivity contribution < 1.29 is 4.79 Å². The number of hydrogen-bond donors (Lipinski definition) is 0. The van der Waals surface area contributed by atoms with Gasteiger partial charge in [0.05, 0.1) is 0 Å². The molecule has 27 heavy (non-hydrogen) atoms. The Hall–Kier alpha value is -2.26. The molecular formula is C23H25ClN2O. The van der Waals surface area contributed by atoms with Crippen molar-refractivity contribution in [1.29, 1.82) is 0 Å². The molecule has 0 aliphatic carbocycles. The van der Waals surface area contributed by atoms with Gasteiger partial charge in [-0.2, -0.15) is 0 Å². The fourth-order valence-corrected chi connectivity index (χ4v) is 4.41. The molecule has 0 saturated carbocycles. The third kappa shape index (κ3) is 3.61. The Kier molecular flexibility index (Phi) is 5.22. The predicted molar refractivity (Wildman–Crippen MR) is 111 cm³/mol. The van der Waals surface area contributed by atoms with Crippen molar-refractivity contribution >= 4 is 28.4 Å². The summed E-state index contributed by atoms with van der Waals surface area (Å²) < 4.78 is 2.27. The van der Waals surface area contributed by atoms with Crippen LogP contribution in [0.4, 0.5) is 0 Å². The molecule has 0 radical (unpaired) electrons. The number of aromatic nitrogens is 1.